The molecule has 5 heteroatoms. The highest BCUT2D eigenvalue weighted by molar-refractivity contribution is 5.35. The van der Waals surface area contributed by atoms with Gasteiger partial charge in [0.15, 0.2) is 0 Å². The Morgan fingerprint density at radius 1 is 1.00 bits per heavy atom. The molecule has 4 fully saturated rings. The van der Waals surface area contributed by atoms with Crippen molar-refractivity contribution >= 4 is 0 Å². The minimum Gasteiger partial charge on any atom is -0.396 e. The number of rotatable bonds is 5. The second-order valence-corrected chi connectivity index (χ2v) is 15.9. The van der Waals surface area contributed by atoms with Gasteiger partial charge in [-0.3, -0.25) is 0 Å². The van der Waals surface area contributed by atoms with Gasteiger partial charge in [0.25, 0.3) is 0 Å². The van der Waals surface area contributed by atoms with Gasteiger partial charge in [-0.25, -0.2) is 0 Å². The first-order valence-corrected chi connectivity index (χ1v) is 15.3. The van der Waals surface area contributed by atoms with Crippen LogP contribution in [0.5, 0.6) is 0 Å². The fourth-order valence-electron chi connectivity index (χ4n) is 11.3. The van der Waals surface area contributed by atoms with Crippen molar-refractivity contribution in [1.29, 1.82) is 0 Å². The van der Waals surface area contributed by atoms with E-state index in [9.17, 15) is 10.2 Å². The first-order chi connectivity index (χ1) is 17.6. The van der Waals surface area contributed by atoms with Crippen molar-refractivity contribution in [3.8, 4) is 0 Å². The van der Waals surface area contributed by atoms with E-state index in [1.807, 2.05) is 7.11 Å². The second-order valence-electron chi connectivity index (χ2n) is 15.9. The van der Waals surface area contributed by atoms with E-state index in [2.05, 4.69) is 61.5 Å². The predicted molar refractivity (Wildman–Crippen MR) is 151 cm³/mol. The topological polar surface area (TPSA) is 68.2 Å². The largest absolute Gasteiger partial charge is 0.396 e. The molecule has 5 nitrogen and oxygen atoms in total. The molecule has 4 aliphatic carbocycles. The quantitative estimate of drug-likeness (QED) is 0.415. The third-order valence-electron chi connectivity index (χ3n) is 13.7. The first kappa shape index (κ1) is 29.0. The number of methoxy groups -OCH3 is 2. The van der Waals surface area contributed by atoms with Crippen LogP contribution in [0.3, 0.4) is 0 Å². The van der Waals surface area contributed by atoms with Crippen LogP contribution in [0.1, 0.15) is 100 Å². The normalized spacial score (nSPS) is 52.2. The lowest BCUT2D eigenvalue weighted by molar-refractivity contribution is -0.186. The fraction of sp³-hybridized carbons (Fsp3) is 0.939. The zero-order valence-electron chi connectivity index (χ0n) is 25.9. The van der Waals surface area contributed by atoms with Crippen LogP contribution >= 0.6 is 0 Å². The summed E-state index contributed by atoms with van der Waals surface area (Å²) in [4.78, 5) is 0. The van der Waals surface area contributed by atoms with E-state index in [4.69, 9.17) is 14.2 Å². The van der Waals surface area contributed by atoms with E-state index in [1.165, 1.54) is 0 Å². The molecule has 0 aromatic heterocycles. The van der Waals surface area contributed by atoms with Crippen LogP contribution in [0.25, 0.3) is 0 Å². The summed E-state index contributed by atoms with van der Waals surface area (Å²) < 4.78 is 19.2. The molecule has 1 saturated heterocycles. The molecule has 38 heavy (non-hydrogen) atoms. The Labute approximate surface area is 232 Å². The van der Waals surface area contributed by atoms with Gasteiger partial charge in [-0.2, -0.15) is 0 Å². The van der Waals surface area contributed by atoms with E-state index in [-0.39, 0.29) is 75.5 Å². The van der Waals surface area contributed by atoms with Crippen molar-refractivity contribution in [1.82, 2.24) is 0 Å². The van der Waals surface area contributed by atoms with Crippen molar-refractivity contribution in [2.75, 3.05) is 20.8 Å². The Hall–Kier alpha value is -0.460. The summed E-state index contributed by atoms with van der Waals surface area (Å²) in [5.74, 6) is 1.01. The van der Waals surface area contributed by atoms with Crippen molar-refractivity contribution in [3.63, 3.8) is 0 Å². The third-order valence-corrected chi connectivity index (χ3v) is 13.7. The maximum absolute atomic E-state index is 11.9. The molecule has 0 aromatic rings. The van der Waals surface area contributed by atoms with Crippen molar-refractivity contribution in [2.24, 2.45) is 45.3 Å². The molecule has 5 rings (SSSR count). The molecule has 11 atom stereocenters. The van der Waals surface area contributed by atoms with Crippen LogP contribution < -0.4 is 0 Å². The van der Waals surface area contributed by atoms with Gasteiger partial charge in [-0.05, 0) is 105 Å². The van der Waals surface area contributed by atoms with Crippen LogP contribution in [0.2, 0.25) is 0 Å². The molecule has 2 N–H and O–H groups in total. The highest BCUT2D eigenvalue weighted by Crippen LogP contribution is 2.74. The van der Waals surface area contributed by atoms with Crippen LogP contribution in [0, 0.1) is 45.3 Å². The number of hydrogen-bond acceptors (Lipinski definition) is 5. The summed E-state index contributed by atoms with van der Waals surface area (Å²) in [5.41, 5.74) is 0.865. The second kappa shape index (κ2) is 9.02. The maximum atomic E-state index is 11.9. The van der Waals surface area contributed by atoms with E-state index >= 15 is 0 Å². The number of aliphatic hydroxyl groups excluding tert-OH is 2. The molecule has 0 spiro atoms. The number of ether oxygens (including phenoxy) is 3. The molecule has 0 radical (unpaired) electrons. The maximum Gasteiger partial charge on any atom is 0.0883 e. The van der Waals surface area contributed by atoms with Crippen molar-refractivity contribution < 1.29 is 24.4 Å². The summed E-state index contributed by atoms with van der Waals surface area (Å²) in [7, 11) is 3.67. The van der Waals surface area contributed by atoms with Gasteiger partial charge in [0.05, 0.1) is 29.5 Å². The van der Waals surface area contributed by atoms with E-state index in [0.29, 0.717) is 5.92 Å². The molecular weight excluding hydrogens is 476 g/mol. The van der Waals surface area contributed by atoms with Gasteiger partial charge < -0.3 is 24.4 Å². The smallest absolute Gasteiger partial charge is 0.0883 e. The summed E-state index contributed by atoms with van der Waals surface area (Å²) in [6.07, 6.45) is 9.34. The summed E-state index contributed by atoms with van der Waals surface area (Å²) in [6.45, 7) is 18.8. The number of hydrogen-bond donors (Lipinski definition) is 2. The van der Waals surface area contributed by atoms with Gasteiger partial charge in [0, 0.05) is 26.7 Å². The molecule has 218 valence electrons. The van der Waals surface area contributed by atoms with Crippen molar-refractivity contribution in [2.45, 2.75) is 130 Å². The number of aliphatic hydroxyl groups is 2. The molecule has 0 bridgehead atoms. The lowest BCUT2D eigenvalue weighted by atomic mass is 9.39. The monoisotopic (exact) mass is 532 g/mol. The Balaban J connectivity index is 1.55. The molecule has 0 unspecified atom stereocenters. The van der Waals surface area contributed by atoms with Gasteiger partial charge in [0.1, 0.15) is 0 Å². The molecule has 0 aromatic carbocycles. The molecule has 5 aliphatic rings. The summed E-state index contributed by atoms with van der Waals surface area (Å²) in [5, 5.41) is 22.1. The summed E-state index contributed by atoms with van der Waals surface area (Å²) >= 11 is 0. The van der Waals surface area contributed by atoms with E-state index in [1.54, 1.807) is 12.7 Å². The molecular formula is C33H56O5. The zero-order valence-corrected chi connectivity index (χ0v) is 25.9. The fourth-order valence-corrected chi connectivity index (χ4v) is 11.3. The molecule has 3 saturated carbocycles. The third kappa shape index (κ3) is 3.67. The summed E-state index contributed by atoms with van der Waals surface area (Å²) in [6, 6.07) is 0. The van der Waals surface area contributed by atoms with E-state index < -0.39 is 0 Å². The Morgan fingerprint density at radius 2 is 1.68 bits per heavy atom. The Bertz CT molecular complexity index is 957. The predicted octanol–water partition coefficient (Wildman–Crippen LogP) is 6.16. The van der Waals surface area contributed by atoms with Crippen LogP contribution in [-0.4, -0.2) is 60.6 Å². The van der Waals surface area contributed by atoms with Gasteiger partial charge in [-0.15, -0.1) is 0 Å². The average Bonchev–Trinajstić information content (AvgIpc) is 3.35. The highest BCUT2D eigenvalue weighted by atomic mass is 16.6. The molecule has 1 aliphatic heterocycles. The highest BCUT2D eigenvalue weighted by Gasteiger charge is 2.71. The first-order valence-electron chi connectivity index (χ1n) is 15.3. The average molecular weight is 533 g/mol. The van der Waals surface area contributed by atoms with E-state index in [0.717, 1.165) is 44.9 Å². The van der Waals surface area contributed by atoms with Crippen LogP contribution in [0.15, 0.2) is 11.6 Å². The lowest BCUT2D eigenvalue weighted by Crippen LogP contribution is -2.62. The van der Waals surface area contributed by atoms with Crippen LogP contribution in [-0.2, 0) is 14.2 Å². The van der Waals surface area contributed by atoms with Gasteiger partial charge >= 0.3 is 0 Å². The molecule has 1 heterocycles. The van der Waals surface area contributed by atoms with Crippen molar-refractivity contribution in [3.05, 3.63) is 11.6 Å². The number of fused-ring (bicyclic) bond motifs is 5. The molecule has 0 amide bonds. The zero-order chi connectivity index (χ0) is 28.1. The minimum atomic E-state index is -0.365. The SMILES string of the molecule is CO[C@H]1C[C@@]2(C)[C@@H]3C[C@H](O)[C@H]4C(C)(C)[C@@H](CO)CC[C@]4(C)C3=CC[C@]2(C)[C@H]1[C@@]1(C)CC[C@@H](C(C)(C)OC)O1. The standard InChI is InChI=1S/C33H56O5/c1-28(2)20(19-34)11-14-30(5)21-12-15-31(6)27(33(8)16-13-25(38-33)29(3,4)37-10)24(36-9)18-32(31,7)22(21)17-23(35)26(28)30/h12,20,22-27,34-35H,11,13-19H2,1-10H3/t20-,22-,23+,24+,25+,26+,27+,30-,31-,32+,33-/m1/s1. The van der Waals surface area contributed by atoms with Crippen LogP contribution in [0.4, 0.5) is 0 Å². The minimum absolute atomic E-state index is 0.00341. The number of allylic oxidation sites excluding steroid dienone is 2. The Kier molecular flexibility index (Phi) is 6.89. The lowest BCUT2D eigenvalue weighted by Gasteiger charge is -2.66. The van der Waals surface area contributed by atoms with Gasteiger partial charge in [0.2, 0.25) is 0 Å². The Morgan fingerprint density at radius 3 is 2.29 bits per heavy atom. The van der Waals surface area contributed by atoms with Gasteiger partial charge in [-0.1, -0.05) is 46.3 Å².